The first kappa shape index (κ1) is 11.1. The minimum Gasteiger partial charge on any atom is -0.349 e. The quantitative estimate of drug-likeness (QED) is 0.765. The third kappa shape index (κ3) is 2.82. The zero-order valence-corrected chi connectivity index (χ0v) is 9.57. The Labute approximate surface area is 95.2 Å². The lowest BCUT2D eigenvalue weighted by Crippen LogP contribution is -2.53. The fourth-order valence-corrected chi connectivity index (χ4v) is 2.02. The molecule has 2 N–H and O–H groups in total. The number of carbonyl (C=O) groups excluding carboxylic acids is 1. The van der Waals surface area contributed by atoms with E-state index in [0.717, 1.165) is 25.9 Å². The van der Waals surface area contributed by atoms with Crippen molar-refractivity contribution in [3.63, 3.8) is 0 Å². The number of piperidine rings is 1. The normalized spacial score (nSPS) is 19.3. The van der Waals surface area contributed by atoms with Crippen LogP contribution in [0.1, 0.15) is 19.8 Å². The highest BCUT2D eigenvalue weighted by atomic mass is 16.2. The summed E-state index contributed by atoms with van der Waals surface area (Å²) < 4.78 is 1.64. The highest BCUT2D eigenvalue weighted by molar-refractivity contribution is 5.76. The third-order valence-corrected chi connectivity index (χ3v) is 3.01. The lowest BCUT2D eigenvalue weighted by molar-refractivity contribution is -0.123. The summed E-state index contributed by atoms with van der Waals surface area (Å²) in [4.78, 5) is 11.8. The molecule has 5 heteroatoms. The molecule has 0 aliphatic carbocycles. The Morgan fingerprint density at radius 2 is 2.31 bits per heavy atom. The first-order valence-corrected chi connectivity index (χ1v) is 5.67. The molecule has 0 bridgehead atoms. The second-order valence-corrected chi connectivity index (χ2v) is 4.56. The molecule has 5 nitrogen and oxygen atoms in total. The number of hydrogen-bond acceptors (Lipinski definition) is 3. The molecule has 0 atom stereocenters. The molecule has 2 heterocycles. The van der Waals surface area contributed by atoms with Gasteiger partial charge in [-0.25, -0.2) is 0 Å². The van der Waals surface area contributed by atoms with Crippen LogP contribution in [0.5, 0.6) is 0 Å². The summed E-state index contributed by atoms with van der Waals surface area (Å²) >= 11 is 0. The summed E-state index contributed by atoms with van der Waals surface area (Å²) in [6, 6.07) is 1.82. The van der Waals surface area contributed by atoms with Gasteiger partial charge in [0.2, 0.25) is 5.91 Å². The van der Waals surface area contributed by atoms with Crippen molar-refractivity contribution in [2.24, 2.45) is 0 Å². The van der Waals surface area contributed by atoms with Gasteiger partial charge in [-0.05, 0) is 38.9 Å². The molecule has 1 aromatic rings. The van der Waals surface area contributed by atoms with Crippen LogP contribution >= 0.6 is 0 Å². The number of aromatic nitrogens is 2. The fraction of sp³-hybridized carbons (Fsp3) is 0.636. The van der Waals surface area contributed by atoms with Crippen LogP contribution < -0.4 is 10.6 Å². The molecule has 2 rings (SSSR count). The minimum absolute atomic E-state index is 0.0353. The van der Waals surface area contributed by atoms with E-state index < -0.39 is 0 Å². The Morgan fingerprint density at radius 1 is 1.56 bits per heavy atom. The van der Waals surface area contributed by atoms with E-state index in [2.05, 4.69) is 22.7 Å². The average molecular weight is 222 g/mol. The molecule has 1 aliphatic rings. The maximum atomic E-state index is 11.8. The van der Waals surface area contributed by atoms with Crippen LogP contribution in [-0.2, 0) is 11.3 Å². The summed E-state index contributed by atoms with van der Waals surface area (Å²) in [5.74, 6) is 0.0353. The Balaban J connectivity index is 1.86. The molecule has 0 spiro atoms. The van der Waals surface area contributed by atoms with Crippen LogP contribution in [0.2, 0.25) is 0 Å². The summed E-state index contributed by atoms with van der Waals surface area (Å²) in [6.07, 6.45) is 5.44. The highest BCUT2D eigenvalue weighted by Crippen LogP contribution is 2.16. The molecule has 1 saturated heterocycles. The summed E-state index contributed by atoms with van der Waals surface area (Å²) in [6.45, 7) is 4.35. The Hall–Kier alpha value is -1.36. The molecule has 0 radical (unpaired) electrons. The molecular weight excluding hydrogens is 204 g/mol. The summed E-state index contributed by atoms with van der Waals surface area (Å²) in [5, 5.41) is 10.4. The average Bonchev–Trinajstić information content (AvgIpc) is 2.70. The highest BCUT2D eigenvalue weighted by Gasteiger charge is 2.28. The molecule has 0 aromatic carbocycles. The van der Waals surface area contributed by atoms with Crippen LogP contribution in [0.3, 0.4) is 0 Å². The van der Waals surface area contributed by atoms with Crippen LogP contribution in [-0.4, -0.2) is 34.3 Å². The van der Waals surface area contributed by atoms with Gasteiger partial charge in [0.05, 0.1) is 0 Å². The van der Waals surface area contributed by atoms with Crippen molar-refractivity contribution in [2.75, 3.05) is 13.1 Å². The van der Waals surface area contributed by atoms with E-state index >= 15 is 0 Å². The van der Waals surface area contributed by atoms with Gasteiger partial charge in [0.15, 0.2) is 0 Å². The van der Waals surface area contributed by atoms with Crippen molar-refractivity contribution in [1.29, 1.82) is 0 Å². The number of rotatable bonds is 3. The van der Waals surface area contributed by atoms with E-state index in [9.17, 15) is 4.79 Å². The van der Waals surface area contributed by atoms with Crippen LogP contribution in [0, 0.1) is 0 Å². The van der Waals surface area contributed by atoms with Gasteiger partial charge < -0.3 is 10.6 Å². The van der Waals surface area contributed by atoms with Crippen LogP contribution in [0.4, 0.5) is 0 Å². The Morgan fingerprint density at radius 3 is 2.94 bits per heavy atom. The predicted octanol–water partition coefficient (Wildman–Crippen LogP) is 0.141. The van der Waals surface area contributed by atoms with Crippen molar-refractivity contribution in [2.45, 2.75) is 31.8 Å². The first-order valence-electron chi connectivity index (χ1n) is 5.67. The van der Waals surface area contributed by atoms with Crippen molar-refractivity contribution < 1.29 is 4.79 Å². The first-order chi connectivity index (χ1) is 7.68. The monoisotopic (exact) mass is 222 g/mol. The van der Waals surface area contributed by atoms with E-state index in [1.807, 2.05) is 6.07 Å². The topological polar surface area (TPSA) is 59.0 Å². The number of carbonyl (C=O) groups is 1. The van der Waals surface area contributed by atoms with Crippen molar-refractivity contribution in [3.8, 4) is 0 Å². The van der Waals surface area contributed by atoms with Gasteiger partial charge in [-0.1, -0.05) is 0 Å². The molecule has 1 aromatic heterocycles. The van der Waals surface area contributed by atoms with Gasteiger partial charge in [0, 0.05) is 17.9 Å². The minimum atomic E-state index is -0.0600. The molecule has 16 heavy (non-hydrogen) atoms. The third-order valence-electron chi connectivity index (χ3n) is 3.01. The van der Waals surface area contributed by atoms with Gasteiger partial charge in [-0.2, -0.15) is 5.10 Å². The number of nitrogens with zero attached hydrogens (tertiary/aromatic N) is 2. The zero-order valence-electron chi connectivity index (χ0n) is 9.57. The maximum Gasteiger partial charge on any atom is 0.242 e. The van der Waals surface area contributed by atoms with Gasteiger partial charge >= 0.3 is 0 Å². The molecule has 0 unspecified atom stereocenters. The number of hydrogen-bond donors (Lipinski definition) is 2. The van der Waals surface area contributed by atoms with Crippen molar-refractivity contribution in [3.05, 3.63) is 18.5 Å². The molecule has 1 fully saturated rings. The second-order valence-electron chi connectivity index (χ2n) is 4.56. The summed E-state index contributed by atoms with van der Waals surface area (Å²) in [5.41, 5.74) is -0.0600. The second kappa shape index (κ2) is 4.65. The molecular formula is C11H18N4O. The van der Waals surface area contributed by atoms with Gasteiger partial charge in [-0.3, -0.25) is 9.48 Å². The largest absolute Gasteiger partial charge is 0.349 e. The van der Waals surface area contributed by atoms with E-state index in [4.69, 9.17) is 0 Å². The lowest BCUT2D eigenvalue weighted by atomic mass is 9.90. The van der Waals surface area contributed by atoms with E-state index in [1.165, 1.54) is 0 Å². The standard InChI is InChI=1S/C11H18N4O/c1-11(3-6-12-7-4-11)14-10(16)9-15-8-2-5-13-15/h2,5,8,12H,3-4,6-7,9H2,1H3,(H,14,16). The maximum absolute atomic E-state index is 11.8. The smallest absolute Gasteiger partial charge is 0.242 e. The molecule has 1 amide bonds. The number of nitrogens with one attached hydrogen (secondary N) is 2. The zero-order chi connectivity index (χ0) is 11.4. The fourth-order valence-electron chi connectivity index (χ4n) is 2.02. The van der Waals surface area contributed by atoms with E-state index in [0.29, 0.717) is 6.54 Å². The van der Waals surface area contributed by atoms with Gasteiger partial charge in [-0.15, -0.1) is 0 Å². The molecule has 88 valence electrons. The van der Waals surface area contributed by atoms with E-state index in [1.54, 1.807) is 17.1 Å². The van der Waals surface area contributed by atoms with Crippen LogP contribution in [0.15, 0.2) is 18.5 Å². The van der Waals surface area contributed by atoms with Crippen molar-refractivity contribution in [1.82, 2.24) is 20.4 Å². The summed E-state index contributed by atoms with van der Waals surface area (Å²) in [7, 11) is 0. The van der Waals surface area contributed by atoms with Crippen molar-refractivity contribution >= 4 is 5.91 Å². The Bertz CT molecular complexity index is 341. The van der Waals surface area contributed by atoms with Crippen LogP contribution in [0.25, 0.3) is 0 Å². The SMILES string of the molecule is CC1(NC(=O)Cn2cccn2)CCNCC1. The number of amides is 1. The van der Waals surface area contributed by atoms with E-state index in [-0.39, 0.29) is 11.4 Å². The molecule has 1 aliphatic heterocycles. The van der Waals surface area contributed by atoms with Gasteiger partial charge in [0.25, 0.3) is 0 Å². The molecule has 0 saturated carbocycles. The predicted molar refractivity (Wildman–Crippen MR) is 60.9 cm³/mol. The van der Waals surface area contributed by atoms with Gasteiger partial charge in [0.1, 0.15) is 6.54 Å². The Kier molecular flexibility index (Phi) is 3.24. The lowest BCUT2D eigenvalue weighted by Gasteiger charge is -2.34.